The average molecular weight is 611 g/mol. The Bertz CT molecular complexity index is 2750. The van der Waals surface area contributed by atoms with Crippen molar-refractivity contribution in [2.45, 2.75) is 0 Å². The average Bonchev–Trinajstić information content (AvgIpc) is 3.68. The summed E-state index contributed by atoms with van der Waals surface area (Å²) < 4.78 is 4.49. The standard InChI is InChI=1S/C44H26N4/c1-46-39-16-10-15-38-37-14-5-7-18-41(37)47(44(38)39)32-24-21-29(22-25-32)33-26-23-30(27-31(33)28-45)34-11-2-6-17-40(34)48-42-19-8-3-12-35(42)36-13-4-9-20-43(36)48/h2-27H. The largest absolute Gasteiger partial charge is 0.319 e. The second kappa shape index (κ2) is 10.9. The lowest BCUT2D eigenvalue weighted by atomic mass is 9.94. The molecule has 0 amide bonds. The first kappa shape index (κ1) is 27.4. The van der Waals surface area contributed by atoms with Gasteiger partial charge in [0, 0.05) is 27.4 Å². The lowest BCUT2D eigenvalue weighted by Gasteiger charge is -2.15. The molecule has 0 saturated carbocycles. The fourth-order valence-corrected chi connectivity index (χ4v) is 7.30. The number of para-hydroxylation sites is 5. The highest BCUT2D eigenvalue weighted by Crippen LogP contribution is 2.39. The van der Waals surface area contributed by atoms with E-state index in [0.29, 0.717) is 11.3 Å². The van der Waals surface area contributed by atoms with Gasteiger partial charge in [-0.05, 0) is 64.5 Å². The highest BCUT2D eigenvalue weighted by atomic mass is 15.0. The normalized spacial score (nSPS) is 11.3. The second-order valence-electron chi connectivity index (χ2n) is 11.9. The van der Waals surface area contributed by atoms with Gasteiger partial charge in [0.05, 0.1) is 46.0 Å². The third-order valence-corrected chi connectivity index (χ3v) is 9.41. The SMILES string of the molecule is [C-]#[N+]c1cccc2c3ccccc3n(-c3ccc(-c4ccc(-c5ccccc5-n5c6ccccc6c6ccccc65)cc4C#N)cc3)c12. The summed E-state index contributed by atoms with van der Waals surface area (Å²) in [5, 5.41) is 15.0. The molecule has 0 aliphatic rings. The summed E-state index contributed by atoms with van der Waals surface area (Å²) in [5.74, 6) is 0. The van der Waals surface area contributed by atoms with Crippen molar-refractivity contribution in [1.29, 1.82) is 5.26 Å². The summed E-state index contributed by atoms with van der Waals surface area (Å²) >= 11 is 0. The van der Waals surface area contributed by atoms with Crippen LogP contribution in [0, 0.1) is 17.9 Å². The van der Waals surface area contributed by atoms with Gasteiger partial charge in [-0.15, -0.1) is 0 Å². The van der Waals surface area contributed by atoms with E-state index in [-0.39, 0.29) is 0 Å². The molecule has 2 aromatic heterocycles. The Kier molecular flexibility index (Phi) is 6.22. The maximum atomic E-state index is 10.4. The van der Waals surface area contributed by atoms with Crippen LogP contribution in [0.1, 0.15) is 5.56 Å². The molecule has 4 heteroatoms. The summed E-state index contributed by atoms with van der Waals surface area (Å²) in [6.07, 6.45) is 0. The Morgan fingerprint density at radius 3 is 1.73 bits per heavy atom. The molecule has 0 aliphatic carbocycles. The van der Waals surface area contributed by atoms with E-state index < -0.39 is 0 Å². The minimum Gasteiger partial charge on any atom is -0.319 e. The molecular formula is C44H26N4. The van der Waals surface area contributed by atoms with Crippen molar-refractivity contribution in [3.63, 3.8) is 0 Å². The topological polar surface area (TPSA) is 38.0 Å². The summed E-state index contributed by atoms with van der Waals surface area (Å²) in [5.41, 5.74) is 11.4. The van der Waals surface area contributed by atoms with E-state index in [0.717, 1.165) is 66.5 Å². The molecule has 0 unspecified atom stereocenters. The predicted molar refractivity (Wildman–Crippen MR) is 197 cm³/mol. The molecule has 9 aromatic rings. The maximum absolute atomic E-state index is 10.4. The van der Waals surface area contributed by atoms with Gasteiger partial charge >= 0.3 is 0 Å². The lowest BCUT2D eigenvalue weighted by molar-refractivity contribution is 1.18. The van der Waals surface area contributed by atoms with E-state index in [1.54, 1.807) is 0 Å². The Morgan fingerprint density at radius 2 is 1.06 bits per heavy atom. The molecule has 0 radical (unpaired) electrons. The number of nitriles is 1. The van der Waals surface area contributed by atoms with E-state index in [1.807, 2.05) is 30.3 Å². The number of rotatable bonds is 4. The van der Waals surface area contributed by atoms with Gasteiger partial charge in [-0.25, -0.2) is 4.85 Å². The van der Waals surface area contributed by atoms with Crippen LogP contribution in [0.5, 0.6) is 0 Å². The van der Waals surface area contributed by atoms with Crippen molar-refractivity contribution < 1.29 is 0 Å². The number of hydrogen-bond donors (Lipinski definition) is 0. The molecule has 0 spiro atoms. The van der Waals surface area contributed by atoms with Gasteiger partial charge in [0.2, 0.25) is 5.69 Å². The monoisotopic (exact) mass is 610 g/mol. The highest BCUT2D eigenvalue weighted by molar-refractivity contribution is 6.13. The van der Waals surface area contributed by atoms with Crippen LogP contribution in [0.15, 0.2) is 158 Å². The summed E-state index contributed by atoms with van der Waals surface area (Å²) in [7, 11) is 0. The maximum Gasteiger partial charge on any atom is 0.211 e. The van der Waals surface area contributed by atoms with Crippen molar-refractivity contribution in [3.05, 3.63) is 175 Å². The molecule has 4 nitrogen and oxygen atoms in total. The summed E-state index contributed by atoms with van der Waals surface area (Å²) in [4.78, 5) is 3.84. The van der Waals surface area contributed by atoms with Gasteiger partial charge in [0.15, 0.2) is 0 Å². The van der Waals surface area contributed by atoms with Crippen LogP contribution < -0.4 is 0 Å². The third kappa shape index (κ3) is 4.07. The van der Waals surface area contributed by atoms with E-state index in [4.69, 9.17) is 6.57 Å². The van der Waals surface area contributed by atoms with Crippen LogP contribution in [-0.2, 0) is 0 Å². The molecule has 0 bridgehead atoms. The Morgan fingerprint density at radius 1 is 0.500 bits per heavy atom. The molecule has 48 heavy (non-hydrogen) atoms. The van der Waals surface area contributed by atoms with E-state index >= 15 is 0 Å². The van der Waals surface area contributed by atoms with Crippen LogP contribution >= 0.6 is 0 Å². The van der Waals surface area contributed by atoms with Crippen LogP contribution in [0.2, 0.25) is 0 Å². The van der Waals surface area contributed by atoms with Gasteiger partial charge < -0.3 is 9.13 Å². The number of aromatic nitrogens is 2. The van der Waals surface area contributed by atoms with Crippen molar-refractivity contribution >= 4 is 49.3 Å². The number of benzene rings is 7. The Labute approximate surface area is 277 Å². The van der Waals surface area contributed by atoms with Gasteiger partial charge in [0.1, 0.15) is 0 Å². The van der Waals surface area contributed by atoms with Gasteiger partial charge in [0.25, 0.3) is 0 Å². The fraction of sp³-hybridized carbons (Fsp3) is 0. The molecule has 0 fully saturated rings. The summed E-state index contributed by atoms with van der Waals surface area (Å²) in [6.45, 7) is 7.83. The van der Waals surface area contributed by atoms with Crippen LogP contribution in [0.25, 0.3) is 82.1 Å². The molecule has 222 valence electrons. The van der Waals surface area contributed by atoms with Gasteiger partial charge in [-0.2, -0.15) is 5.26 Å². The van der Waals surface area contributed by atoms with Crippen LogP contribution in [0.4, 0.5) is 5.69 Å². The first-order valence-electron chi connectivity index (χ1n) is 15.9. The molecular weight excluding hydrogens is 585 g/mol. The zero-order chi connectivity index (χ0) is 32.2. The molecule has 9 rings (SSSR count). The minimum atomic E-state index is 0.615. The predicted octanol–water partition coefficient (Wildman–Crippen LogP) is 11.6. The van der Waals surface area contributed by atoms with Crippen molar-refractivity contribution in [2.75, 3.05) is 0 Å². The van der Waals surface area contributed by atoms with Gasteiger partial charge in [-0.3, -0.25) is 0 Å². The zero-order valence-electron chi connectivity index (χ0n) is 25.8. The first-order chi connectivity index (χ1) is 23.7. The second-order valence-corrected chi connectivity index (χ2v) is 11.9. The quantitative estimate of drug-likeness (QED) is 0.183. The summed E-state index contributed by atoms with van der Waals surface area (Å²) in [6, 6.07) is 56.6. The molecule has 2 heterocycles. The minimum absolute atomic E-state index is 0.615. The van der Waals surface area contributed by atoms with Crippen LogP contribution in [-0.4, -0.2) is 9.13 Å². The van der Waals surface area contributed by atoms with E-state index in [1.165, 1.54) is 10.8 Å². The Balaban J connectivity index is 1.15. The van der Waals surface area contributed by atoms with Crippen molar-refractivity contribution in [1.82, 2.24) is 9.13 Å². The first-order valence-corrected chi connectivity index (χ1v) is 15.9. The smallest absolute Gasteiger partial charge is 0.211 e. The molecule has 0 saturated heterocycles. The highest BCUT2D eigenvalue weighted by Gasteiger charge is 2.18. The Hall–Kier alpha value is -6.88. The third-order valence-electron chi connectivity index (χ3n) is 9.41. The molecule has 7 aromatic carbocycles. The van der Waals surface area contributed by atoms with E-state index in [9.17, 15) is 5.26 Å². The van der Waals surface area contributed by atoms with Crippen molar-refractivity contribution in [3.8, 4) is 39.7 Å². The molecule has 0 N–H and O–H groups in total. The van der Waals surface area contributed by atoms with Crippen molar-refractivity contribution in [2.24, 2.45) is 0 Å². The van der Waals surface area contributed by atoms with Crippen LogP contribution in [0.3, 0.4) is 0 Å². The number of fused-ring (bicyclic) bond motifs is 6. The zero-order valence-corrected chi connectivity index (χ0v) is 25.8. The molecule has 0 aliphatic heterocycles. The lowest BCUT2D eigenvalue weighted by Crippen LogP contribution is -1.97. The fourth-order valence-electron chi connectivity index (χ4n) is 7.30. The van der Waals surface area contributed by atoms with Gasteiger partial charge in [-0.1, -0.05) is 115 Å². The number of nitrogens with zero attached hydrogens (tertiary/aromatic N) is 4. The van der Waals surface area contributed by atoms with E-state index in [2.05, 4.69) is 147 Å². The number of hydrogen-bond acceptors (Lipinski definition) is 1. The molecule has 0 atom stereocenters.